The third-order valence-electron chi connectivity index (χ3n) is 2.66. The average molecular weight is 208 g/mol. The molecule has 0 aliphatic carbocycles. The molecule has 1 aromatic heterocycles. The van der Waals surface area contributed by atoms with Gasteiger partial charge in [0.1, 0.15) is 17.5 Å². The van der Waals surface area contributed by atoms with Gasteiger partial charge < -0.3 is 11.1 Å². The topological polar surface area (TPSA) is 63.8 Å². The molecule has 0 saturated carbocycles. The van der Waals surface area contributed by atoms with Gasteiger partial charge in [-0.25, -0.2) is 9.97 Å². The predicted molar refractivity (Wildman–Crippen MR) is 63.8 cm³/mol. The summed E-state index contributed by atoms with van der Waals surface area (Å²) >= 11 is 0. The largest absolute Gasteiger partial charge is 0.383 e. The zero-order valence-corrected chi connectivity index (χ0v) is 10.1. The van der Waals surface area contributed by atoms with Crippen LogP contribution in [0, 0.1) is 19.8 Å². The van der Waals surface area contributed by atoms with Crippen LogP contribution in [0.4, 0.5) is 11.6 Å². The van der Waals surface area contributed by atoms with Gasteiger partial charge in [-0.3, -0.25) is 0 Å². The van der Waals surface area contributed by atoms with Crippen LogP contribution in [-0.2, 0) is 0 Å². The standard InChI is InChI=1S/C11H20N4/c1-6(2)8(4)13-11-7(3)10(12)14-9(5)15-11/h6,8H,1-5H3,(H3,12,13,14,15). The molecule has 4 heteroatoms. The van der Waals surface area contributed by atoms with Gasteiger partial charge in [-0.2, -0.15) is 0 Å². The van der Waals surface area contributed by atoms with Crippen molar-refractivity contribution < 1.29 is 0 Å². The fourth-order valence-electron chi connectivity index (χ4n) is 1.17. The van der Waals surface area contributed by atoms with Crippen molar-refractivity contribution in [3.8, 4) is 0 Å². The molecule has 0 spiro atoms. The van der Waals surface area contributed by atoms with Crippen LogP contribution in [-0.4, -0.2) is 16.0 Å². The minimum atomic E-state index is 0.373. The lowest BCUT2D eigenvalue weighted by atomic mass is 10.1. The van der Waals surface area contributed by atoms with Gasteiger partial charge in [0, 0.05) is 11.6 Å². The Morgan fingerprint density at radius 2 is 1.73 bits per heavy atom. The molecule has 1 rings (SSSR count). The first-order chi connectivity index (χ1) is 6.91. The summed E-state index contributed by atoms with van der Waals surface area (Å²) in [6.45, 7) is 10.3. The van der Waals surface area contributed by atoms with E-state index in [2.05, 4.69) is 36.1 Å². The highest BCUT2D eigenvalue weighted by atomic mass is 15.1. The number of aromatic nitrogens is 2. The SMILES string of the molecule is Cc1nc(N)c(C)c(NC(C)C(C)C)n1. The van der Waals surface area contributed by atoms with Crippen molar-refractivity contribution in [2.45, 2.75) is 40.7 Å². The van der Waals surface area contributed by atoms with Gasteiger partial charge in [0.05, 0.1) is 0 Å². The Morgan fingerprint density at radius 3 is 2.27 bits per heavy atom. The first-order valence-corrected chi connectivity index (χ1v) is 5.29. The van der Waals surface area contributed by atoms with Crippen molar-refractivity contribution in [1.29, 1.82) is 0 Å². The number of hydrogen-bond donors (Lipinski definition) is 2. The fourth-order valence-corrected chi connectivity index (χ4v) is 1.17. The van der Waals surface area contributed by atoms with Crippen molar-refractivity contribution in [3.05, 3.63) is 11.4 Å². The summed E-state index contributed by atoms with van der Waals surface area (Å²) < 4.78 is 0. The lowest BCUT2D eigenvalue weighted by Crippen LogP contribution is -2.23. The average Bonchev–Trinajstić information content (AvgIpc) is 2.13. The molecule has 0 bridgehead atoms. The van der Waals surface area contributed by atoms with Crippen LogP contribution in [0.3, 0.4) is 0 Å². The summed E-state index contributed by atoms with van der Waals surface area (Å²) in [5.74, 6) is 2.67. The molecule has 0 saturated heterocycles. The molecular weight excluding hydrogens is 188 g/mol. The fraction of sp³-hybridized carbons (Fsp3) is 0.636. The van der Waals surface area contributed by atoms with Crippen molar-refractivity contribution >= 4 is 11.6 Å². The van der Waals surface area contributed by atoms with E-state index in [1.54, 1.807) is 0 Å². The van der Waals surface area contributed by atoms with E-state index in [0.717, 1.165) is 11.4 Å². The molecule has 0 radical (unpaired) electrons. The number of nitrogens with zero attached hydrogens (tertiary/aromatic N) is 2. The molecule has 1 heterocycles. The highest BCUT2D eigenvalue weighted by Crippen LogP contribution is 2.19. The molecule has 0 aromatic carbocycles. The number of hydrogen-bond acceptors (Lipinski definition) is 4. The molecule has 1 aromatic rings. The molecule has 84 valence electrons. The maximum atomic E-state index is 5.78. The first kappa shape index (κ1) is 11.8. The number of nitrogens with one attached hydrogen (secondary N) is 1. The normalized spacial score (nSPS) is 12.9. The van der Waals surface area contributed by atoms with Crippen molar-refractivity contribution in [1.82, 2.24) is 9.97 Å². The van der Waals surface area contributed by atoms with Crippen LogP contribution in [0.15, 0.2) is 0 Å². The summed E-state index contributed by atoms with van der Waals surface area (Å²) in [5.41, 5.74) is 6.71. The van der Waals surface area contributed by atoms with E-state index in [4.69, 9.17) is 5.73 Å². The Morgan fingerprint density at radius 1 is 1.13 bits per heavy atom. The van der Waals surface area contributed by atoms with Gasteiger partial charge in [0.15, 0.2) is 0 Å². The Kier molecular flexibility index (Phi) is 3.50. The van der Waals surface area contributed by atoms with Crippen LogP contribution in [0.1, 0.15) is 32.2 Å². The Hall–Kier alpha value is -1.32. The monoisotopic (exact) mass is 208 g/mol. The quantitative estimate of drug-likeness (QED) is 0.798. The molecule has 0 fully saturated rings. The maximum Gasteiger partial charge on any atom is 0.134 e. The molecule has 1 unspecified atom stereocenters. The lowest BCUT2D eigenvalue weighted by molar-refractivity contribution is 0.557. The predicted octanol–water partition coefficient (Wildman–Crippen LogP) is 2.13. The zero-order chi connectivity index (χ0) is 11.6. The van der Waals surface area contributed by atoms with E-state index in [1.807, 2.05) is 13.8 Å². The third-order valence-corrected chi connectivity index (χ3v) is 2.66. The van der Waals surface area contributed by atoms with E-state index in [1.165, 1.54) is 0 Å². The van der Waals surface area contributed by atoms with Gasteiger partial charge in [-0.1, -0.05) is 13.8 Å². The molecule has 0 aliphatic rings. The van der Waals surface area contributed by atoms with Crippen LogP contribution in [0.2, 0.25) is 0 Å². The van der Waals surface area contributed by atoms with Gasteiger partial charge in [-0.15, -0.1) is 0 Å². The summed E-state index contributed by atoms with van der Waals surface area (Å²) in [7, 11) is 0. The van der Waals surface area contributed by atoms with Gasteiger partial charge >= 0.3 is 0 Å². The van der Waals surface area contributed by atoms with Crippen molar-refractivity contribution in [3.63, 3.8) is 0 Å². The molecule has 0 amide bonds. The molecule has 4 nitrogen and oxygen atoms in total. The van der Waals surface area contributed by atoms with Crippen LogP contribution in [0.25, 0.3) is 0 Å². The second-order valence-electron chi connectivity index (χ2n) is 4.31. The number of aryl methyl sites for hydroxylation is 1. The van der Waals surface area contributed by atoms with E-state index < -0.39 is 0 Å². The Balaban J connectivity index is 2.94. The molecule has 3 N–H and O–H groups in total. The van der Waals surface area contributed by atoms with Crippen LogP contribution >= 0.6 is 0 Å². The molecule has 0 aliphatic heterocycles. The zero-order valence-electron chi connectivity index (χ0n) is 10.1. The van der Waals surface area contributed by atoms with E-state index in [-0.39, 0.29) is 0 Å². The van der Waals surface area contributed by atoms with Gasteiger partial charge in [0.25, 0.3) is 0 Å². The summed E-state index contributed by atoms with van der Waals surface area (Å²) in [6.07, 6.45) is 0. The summed E-state index contributed by atoms with van der Waals surface area (Å²) in [4.78, 5) is 8.47. The summed E-state index contributed by atoms with van der Waals surface area (Å²) in [5, 5.41) is 3.36. The summed E-state index contributed by atoms with van der Waals surface area (Å²) in [6, 6.07) is 0.373. The number of anilines is 2. The highest BCUT2D eigenvalue weighted by molar-refractivity contribution is 5.55. The minimum absolute atomic E-state index is 0.373. The number of nitrogens with two attached hydrogens (primary N) is 1. The molecular formula is C11H20N4. The highest BCUT2D eigenvalue weighted by Gasteiger charge is 2.11. The maximum absolute atomic E-state index is 5.78. The second-order valence-corrected chi connectivity index (χ2v) is 4.31. The minimum Gasteiger partial charge on any atom is -0.383 e. The van der Waals surface area contributed by atoms with Crippen molar-refractivity contribution in [2.75, 3.05) is 11.1 Å². The van der Waals surface area contributed by atoms with Gasteiger partial charge in [0.2, 0.25) is 0 Å². The van der Waals surface area contributed by atoms with E-state index >= 15 is 0 Å². The number of rotatable bonds is 3. The van der Waals surface area contributed by atoms with Crippen molar-refractivity contribution in [2.24, 2.45) is 5.92 Å². The lowest BCUT2D eigenvalue weighted by Gasteiger charge is -2.20. The molecule has 1 atom stereocenters. The first-order valence-electron chi connectivity index (χ1n) is 5.29. The third kappa shape index (κ3) is 2.81. The number of nitrogen functional groups attached to an aromatic ring is 1. The second kappa shape index (κ2) is 4.47. The smallest absolute Gasteiger partial charge is 0.134 e. The molecule has 15 heavy (non-hydrogen) atoms. The van der Waals surface area contributed by atoms with E-state index in [9.17, 15) is 0 Å². The van der Waals surface area contributed by atoms with E-state index in [0.29, 0.717) is 23.6 Å². The Labute approximate surface area is 91.3 Å². The Bertz CT molecular complexity index is 347. The van der Waals surface area contributed by atoms with Crippen LogP contribution < -0.4 is 11.1 Å². The van der Waals surface area contributed by atoms with Crippen LogP contribution in [0.5, 0.6) is 0 Å². The van der Waals surface area contributed by atoms with Gasteiger partial charge in [-0.05, 0) is 26.7 Å².